The first-order valence-corrected chi connectivity index (χ1v) is 30.1. The van der Waals surface area contributed by atoms with Gasteiger partial charge in [0, 0.05) is 59.3 Å². The van der Waals surface area contributed by atoms with E-state index in [9.17, 15) is 65.3 Å². The van der Waals surface area contributed by atoms with Gasteiger partial charge in [-0.05, 0) is 156 Å². The predicted molar refractivity (Wildman–Crippen MR) is 342 cm³/mol. The van der Waals surface area contributed by atoms with Gasteiger partial charge in [-0.2, -0.15) is 36.3 Å². The molecule has 10 aromatic rings. The fourth-order valence-electron chi connectivity index (χ4n) is 10.4. The van der Waals surface area contributed by atoms with Gasteiger partial charge in [-0.3, -0.25) is 33.8 Å². The number of nitrogens with zero attached hydrogens (tertiary/aromatic N) is 7. The van der Waals surface area contributed by atoms with Crippen LogP contribution in [0.1, 0.15) is 83.1 Å². The van der Waals surface area contributed by atoms with Crippen molar-refractivity contribution >= 4 is 46.9 Å². The molecule has 0 radical (unpaired) electrons. The van der Waals surface area contributed by atoms with Crippen LogP contribution >= 0.6 is 0 Å². The summed E-state index contributed by atoms with van der Waals surface area (Å²) in [5.74, 6) is -4.28. The average molecular weight is 1340 g/mol. The molecule has 0 spiro atoms. The lowest BCUT2D eigenvalue weighted by atomic mass is 10.0. The number of rotatable bonds is 27. The third kappa shape index (κ3) is 18.3. The van der Waals surface area contributed by atoms with Crippen LogP contribution in [0, 0.1) is 6.92 Å². The molecule has 0 aliphatic carbocycles. The zero-order valence-electron chi connectivity index (χ0n) is 52.2. The Balaban J connectivity index is 0.682. The first kappa shape index (κ1) is 68.8. The Morgan fingerprint density at radius 2 is 1.06 bits per heavy atom. The Morgan fingerprint density at radius 1 is 0.541 bits per heavy atom. The number of amides is 4. The topological polar surface area (TPSA) is 283 Å². The van der Waals surface area contributed by atoms with Crippen molar-refractivity contribution in [2.24, 2.45) is 0 Å². The zero-order valence-corrected chi connectivity index (χ0v) is 52.2. The van der Waals surface area contributed by atoms with Crippen LogP contribution in [0.4, 0.5) is 37.7 Å². The number of aliphatic carboxylic acids is 2. The lowest BCUT2D eigenvalue weighted by molar-refractivity contribution is -0.139. The summed E-state index contributed by atoms with van der Waals surface area (Å²) >= 11 is 0. The Kier molecular flexibility index (Phi) is 21.5. The third-order valence-corrected chi connectivity index (χ3v) is 15.4. The number of alkyl halides is 6. The molecular formula is C71H59F6N9O12. The van der Waals surface area contributed by atoms with Crippen LogP contribution in [0.25, 0.3) is 34.4 Å². The van der Waals surface area contributed by atoms with Crippen LogP contribution in [-0.4, -0.2) is 101 Å². The minimum absolute atomic E-state index is 0.0225. The van der Waals surface area contributed by atoms with Crippen molar-refractivity contribution < 1.29 is 83.8 Å². The number of aromatic nitrogens is 5. The molecule has 10 rings (SSSR count). The molecule has 3 heterocycles. The maximum Gasteiger partial charge on any atom is 0.416 e. The smallest absolute Gasteiger partial charge is 0.416 e. The summed E-state index contributed by atoms with van der Waals surface area (Å²) in [5, 5.41) is 32.5. The molecule has 0 saturated heterocycles. The van der Waals surface area contributed by atoms with Crippen LogP contribution < -0.4 is 20.1 Å². The van der Waals surface area contributed by atoms with Gasteiger partial charge in [-0.1, -0.05) is 83.1 Å². The summed E-state index contributed by atoms with van der Waals surface area (Å²) in [4.78, 5) is 92.3. The van der Waals surface area contributed by atoms with Gasteiger partial charge in [0.1, 0.15) is 36.9 Å². The van der Waals surface area contributed by atoms with Gasteiger partial charge < -0.3 is 49.2 Å². The van der Waals surface area contributed by atoms with E-state index in [1.807, 2.05) is 25.1 Å². The van der Waals surface area contributed by atoms with Crippen LogP contribution in [0.3, 0.4) is 0 Å². The molecule has 0 aliphatic rings. The summed E-state index contributed by atoms with van der Waals surface area (Å²) in [5.41, 5.74) is 3.19. The molecule has 7 aromatic carbocycles. The van der Waals surface area contributed by atoms with E-state index in [1.165, 1.54) is 73.8 Å². The second-order valence-corrected chi connectivity index (χ2v) is 22.5. The number of hydrogen-bond donors (Lipinski definition) is 4. The maximum absolute atomic E-state index is 14.6. The predicted octanol–water partition coefficient (Wildman–Crippen LogP) is 12.8. The van der Waals surface area contributed by atoms with Crippen molar-refractivity contribution in [3.63, 3.8) is 0 Å². The van der Waals surface area contributed by atoms with Gasteiger partial charge >= 0.3 is 24.3 Å². The molecule has 0 unspecified atom stereocenters. The minimum atomic E-state index is -4.86. The first-order chi connectivity index (χ1) is 46.9. The molecule has 0 fully saturated rings. The summed E-state index contributed by atoms with van der Waals surface area (Å²) in [6, 6.07) is 42.0. The molecule has 0 bridgehead atoms. The Labute approximate surface area is 554 Å². The zero-order chi connectivity index (χ0) is 69.7. The lowest BCUT2D eigenvalue weighted by Gasteiger charge is -2.21. The highest BCUT2D eigenvalue weighted by molar-refractivity contribution is 5.98. The van der Waals surface area contributed by atoms with E-state index in [1.54, 1.807) is 72.9 Å². The van der Waals surface area contributed by atoms with E-state index in [0.29, 0.717) is 58.9 Å². The van der Waals surface area contributed by atoms with Crippen molar-refractivity contribution in [1.82, 2.24) is 35.1 Å². The van der Waals surface area contributed by atoms with Gasteiger partial charge in [0.25, 0.3) is 17.7 Å². The molecule has 27 heteroatoms. The van der Waals surface area contributed by atoms with Crippen molar-refractivity contribution in [3.05, 3.63) is 243 Å². The Morgan fingerprint density at radius 3 is 1.58 bits per heavy atom. The molecule has 21 nitrogen and oxygen atoms in total. The first-order valence-electron chi connectivity index (χ1n) is 30.1. The third-order valence-electron chi connectivity index (χ3n) is 15.4. The molecule has 98 heavy (non-hydrogen) atoms. The number of aryl methyl sites for hydroxylation is 3. The van der Waals surface area contributed by atoms with Crippen molar-refractivity contribution in [2.45, 2.75) is 71.1 Å². The fraction of sp³-hybridized carbons (Fsp3) is 0.197. The van der Waals surface area contributed by atoms with Crippen molar-refractivity contribution in [3.8, 4) is 45.9 Å². The SMILES string of the molecule is COc1ccc(CC(=O)Nc2ccc(C(=O)N(CC(=O)O)Cc3ccc(-c4noc(CCCc5ccc(C)c(COc6ccc(CC(=O)Nc7ccc(C(=O)N(CC(=O)O)Cc8ccc(-c9nc(-c%10ccccn%10)no9)cc8)cc7)c(C(F)(F)F)c6)c5)n4)cc3)cc2)c(C(F)(F)F)c1. The molecule has 0 saturated carbocycles. The van der Waals surface area contributed by atoms with E-state index in [4.69, 9.17) is 18.5 Å². The number of ether oxygens (including phenoxy) is 2. The molecular weight excluding hydrogens is 1280 g/mol. The maximum atomic E-state index is 14.6. The highest BCUT2D eigenvalue weighted by Crippen LogP contribution is 2.37. The number of carboxylic acids is 2. The monoisotopic (exact) mass is 1340 g/mol. The lowest BCUT2D eigenvalue weighted by Crippen LogP contribution is -2.35. The number of anilines is 2. The summed E-state index contributed by atoms with van der Waals surface area (Å²) < 4.78 is 107. The largest absolute Gasteiger partial charge is 0.497 e. The number of carboxylic acid groups (broad SMARTS) is 2. The molecule has 4 N–H and O–H groups in total. The summed E-state index contributed by atoms with van der Waals surface area (Å²) in [6.45, 7) is 0.296. The second kappa shape index (κ2) is 30.6. The van der Waals surface area contributed by atoms with E-state index in [-0.39, 0.29) is 76.5 Å². The number of benzene rings is 7. The highest BCUT2D eigenvalue weighted by Gasteiger charge is 2.36. The van der Waals surface area contributed by atoms with Crippen LogP contribution in [-0.2, 0) is 76.9 Å². The number of methoxy groups -OCH3 is 1. The highest BCUT2D eigenvalue weighted by atomic mass is 19.4. The standard InChI is InChI=1S/C71H59F6N9O12/c1-42-9-10-43(6-5-8-62-81-65(83-97-62)46-15-11-44(12-16-46)37-85(39-63(89)90)68(93)48-19-25-53(26-20-48)79-60(87)33-50-23-29-55(95-2)35-57(50)70(72,73)74)32-52(42)41-96-56-30-24-51(58(36-56)71(75,76)77)34-61(88)80-54-27-21-49(22-28-54)69(94)86(40-64(91)92)38-45-13-17-47(18-14-45)67-82-66(84-98-67)59-7-3-4-31-78-59/h3-4,7,9-32,35-36H,5-6,8,33-34,37-41H2,1-2H3,(H,79,87)(H,80,88)(H,89,90)(H,91,92). The van der Waals surface area contributed by atoms with Crippen molar-refractivity contribution in [2.75, 3.05) is 30.8 Å². The fourth-order valence-corrected chi connectivity index (χ4v) is 10.4. The second-order valence-electron chi connectivity index (χ2n) is 22.5. The quantitative estimate of drug-likeness (QED) is 0.0348. The van der Waals surface area contributed by atoms with E-state index in [0.717, 1.165) is 44.7 Å². The van der Waals surface area contributed by atoms with Crippen LogP contribution in [0.5, 0.6) is 11.5 Å². The molecule has 502 valence electrons. The van der Waals surface area contributed by atoms with Gasteiger partial charge in [0.2, 0.25) is 29.4 Å². The molecule has 3 aromatic heterocycles. The van der Waals surface area contributed by atoms with Gasteiger partial charge in [0.05, 0.1) is 31.1 Å². The number of hydrogen-bond acceptors (Lipinski definition) is 15. The van der Waals surface area contributed by atoms with Gasteiger partial charge in [0.15, 0.2) is 0 Å². The van der Waals surface area contributed by atoms with E-state index < -0.39 is 85.0 Å². The Bertz CT molecular complexity index is 4510. The molecule has 0 aliphatic heterocycles. The minimum Gasteiger partial charge on any atom is -0.497 e. The number of carbonyl (C=O) groups excluding carboxylic acids is 4. The number of nitrogens with one attached hydrogen (secondary N) is 2. The number of pyridine rings is 1. The van der Waals surface area contributed by atoms with Gasteiger partial charge in [-0.15, -0.1) is 0 Å². The van der Waals surface area contributed by atoms with Crippen molar-refractivity contribution in [1.29, 1.82) is 0 Å². The number of halogens is 6. The molecule has 4 amide bonds. The summed E-state index contributed by atoms with van der Waals surface area (Å²) in [7, 11) is 1.22. The Hall–Kier alpha value is -12.0. The molecule has 0 atom stereocenters. The van der Waals surface area contributed by atoms with E-state index in [2.05, 4.69) is 35.9 Å². The van der Waals surface area contributed by atoms with E-state index >= 15 is 0 Å². The van der Waals surface area contributed by atoms with Crippen LogP contribution in [0.15, 0.2) is 185 Å². The normalized spacial score (nSPS) is 11.4. The average Bonchev–Trinajstić information content (AvgIpc) is 0.929. The summed E-state index contributed by atoms with van der Waals surface area (Å²) in [6.07, 6.45) is -7.72. The van der Waals surface area contributed by atoms with Crippen LogP contribution in [0.2, 0.25) is 0 Å². The van der Waals surface area contributed by atoms with Gasteiger partial charge in [-0.25, -0.2) is 0 Å². The number of carbonyl (C=O) groups is 6.